The lowest BCUT2D eigenvalue weighted by Crippen LogP contribution is -2.27. The quantitative estimate of drug-likeness (QED) is 0.398. The fourth-order valence-electron chi connectivity index (χ4n) is 2.89. The molecule has 1 amide bonds. The Hall–Kier alpha value is -2.56. The maximum absolute atomic E-state index is 12.3. The van der Waals surface area contributed by atoms with Crippen LogP contribution in [0, 0.1) is 0 Å². The third kappa shape index (κ3) is 3.92. The second-order valence-corrected chi connectivity index (χ2v) is 6.55. The number of amides is 1. The van der Waals surface area contributed by atoms with Crippen molar-refractivity contribution >= 4 is 17.7 Å². The molecule has 3 aromatic rings. The molecule has 0 aromatic heterocycles. The number of thioether (sulfide) groups is 1. The van der Waals surface area contributed by atoms with E-state index in [0.29, 0.717) is 0 Å². The van der Waals surface area contributed by atoms with Crippen LogP contribution in [-0.4, -0.2) is 17.4 Å². The maximum atomic E-state index is 12.3. The van der Waals surface area contributed by atoms with Crippen LogP contribution in [0.3, 0.4) is 0 Å². The van der Waals surface area contributed by atoms with Gasteiger partial charge in [-0.05, 0) is 40.6 Å². The highest BCUT2D eigenvalue weighted by Gasteiger charge is 2.22. The molecule has 0 aliphatic heterocycles. The van der Waals surface area contributed by atoms with Crippen LogP contribution in [0.2, 0.25) is 0 Å². The lowest BCUT2D eigenvalue weighted by molar-refractivity contribution is -0.129. The van der Waals surface area contributed by atoms with E-state index in [1.165, 1.54) is 4.90 Å². The Labute approximate surface area is 151 Å². The monoisotopic (exact) mass is 349 g/mol. The molecule has 0 aliphatic carbocycles. The van der Waals surface area contributed by atoms with E-state index in [0.717, 1.165) is 22.3 Å². The van der Waals surface area contributed by atoms with Crippen molar-refractivity contribution in [2.45, 2.75) is 10.8 Å². The summed E-state index contributed by atoms with van der Waals surface area (Å²) in [5.74, 6) is -1.00. The topological polar surface area (TPSA) is 49.3 Å². The van der Waals surface area contributed by atoms with Gasteiger partial charge in [-0.1, -0.05) is 66.7 Å². The second kappa shape index (κ2) is 8.01. The molecule has 2 N–H and O–H groups in total. The first-order valence-electron chi connectivity index (χ1n) is 7.96. The van der Waals surface area contributed by atoms with E-state index < -0.39 is 11.8 Å². The van der Waals surface area contributed by atoms with Crippen LogP contribution in [0.5, 0.6) is 0 Å². The summed E-state index contributed by atoms with van der Waals surface area (Å²) in [6, 6.07) is 25.7. The van der Waals surface area contributed by atoms with E-state index >= 15 is 0 Å². The molecule has 0 fully saturated rings. The first-order chi connectivity index (χ1) is 12.2. The van der Waals surface area contributed by atoms with Crippen LogP contribution in [0.4, 0.5) is 0 Å². The minimum Gasteiger partial charge on any atom is -0.289 e. The molecule has 1 atom stereocenters. The van der Waals surface area contributed by atoms with Gasteiger partial charge in [0.15, 0.2) is 0 Å². The Morgan fingerprint density at radius 3 is 2.20 bits per heavy atom. The van der Waals surface area contributed by atoms with Crippen molar-refractivity contribution in [3.8, 4) is 11.1 Å². The highest BCUT2D eigenvalue weighted by Crippen LogP contribution is 2.29. The minimum absolute atomic E-state index is 0.443. The van der Waals surface area contributed by atoms with E-state index in [1.807, 2.05) is 60.9 Å². The number of hydrogen-bond donors (Lipinski definition) is 2. The van der Waals surface area contributed by atoms with Crippen LogP contribution >= 0.6 is 11.8 Å². The summed E-state index contributed by atoms with van der Waals surface area (Å²) in [4.78, 5) is 13.5. The predicted octanol–water partition coefficient (Wildman–Crippen LogP) is 4.71. The molecule has 0 spiro atoms. The zero-order valence-electron chi connectivity index (χ0n) is 13.8. The molecule has 25 heavy (non-hydrogen) atoms. The van der Waals surface area contributed by atoms with Crippen molar-refractivity contribution in [3.05, 3.63) is 90.0 Å². The number of hydroxylamine groups is 1. The van der Waals surface area contributed by atoms with E-state index in [2.05, 4.69) is 24.3 Å². The Morgan fingerprint density at radius 1 is 0.880 bits per heavy atom. The first kappa shape index (κ1) is 17.3. The molecule has 1 unspecified atom stereocenters. The predicted molar refractivity (Wildman–Crippen MR) is 102 cm³/mol. The van der Waals surface area contributed by atoms with Crippen molar-refractivity contribution < 1.29 is 10.0 Å². The van der Waals surface area contributed by atoms with Gasteiger partial charge in [-0.3, -0.25) is 10.0 Å². The van der Waals surface area contributed by atoms with Crippen molar-refractivity contribution in [2.24, 2.45) is 0 Å². The number of hydrogen-bond acceptors (Lipinski definition) is 3. The van der Waals surface area contributed by atoms with E-state index in [9.17, 15) is 4.79 Å². The van der Waals surface area contributed by atoms with Gasteiger partial charge in [0, 0.05) is 4.90 Å². The summed E-state index contributed by atoms with van der Waals surface area (Å²) in [6.07, 6.45) is 2.05. The van der Waals surface area contributed by atoms with Crippen LogP contribution < -0.4 is 5.48 Å². The van der Waals surface area contributed by atoms with Gasteiger partial charge in [-0.15, -0.1) is 11.8 Å². The molecular weight excluding hydrogens is 330 g/mol. The Kier molecular flexibility index (Phi) is 5.53. The largest absolute Gasteiger partial charge is 0.289 e. The normalized spacial score (nSPS) is 11.8. The number of carbonyl (C=O) groups excluding carboxylic acids is 1. The molecule has 3 aromatic carbocycles. The summed E-state index contributed by atoms with van der Waals surface area (Å²) < 4.78 is 0. The Balaban J connectivity index is 2.01. The molecule has 0 heterocycles. The summed E-state index contributed by atoms with van der Waals surface area (Å²) in [5.41, 5.74) is 5.60. The molecule has 0 bridgehead atoms. The van der Waals surface area contributed by atoms with Crippen molar-refractivity contribution in [1.29, 1.82) is 0 Å². The average Bonchev–Trinajstić information content (AvgIpc) is 2.69. The SMILES string of the molecule is CSc1ccc(-c2cccc(C(C(=O)NO)c3ccccc3)c2)cc1. The first-order valence-corrected chi connectivity index (χ1v) is 9.18. The molecule has 3 rings (SSSR count). The Bertz CT molecular complexity index is 847. The Morgan fingerprint density at radius 2 is 1.56 bits per heavy atom. The van der Waals surface area contributed by atoms with Gasteiger partial charge < -0.3 is 0 Å². The minimum atomic E-state index is -0.559. The standard InChI is InChI=1S/C21H19NO2S/c1-25-19-12-10-15(11-13-19)17-8-5-9-18(14-17)20(21(23)22-24)16-6-3-2-4-7-16/h2-14,20,24H,1H3,(H,22,23). The van der Waals surface area contributed by atoms with E-state index in [1.54, 1.807) is 17.2 Å². The summed E-state index contributed by atoms with van der Waals surface area (Å²) in [5, 5.41) is 9.17. The van der Waals surface area contributed by atoms with Crippen LogP contribution in [-0.2, 0) is 4.79 Å². The van der Waals surface area contributed by atoms with Crippen LogP contribution in [0.1, 0.15) is 17.0 Å². The average molecular weight is 349 g/mol. The summed E-state index contributed by atoms with van der Waals surface area (Å²) in [7, 11) is 0. The van der Waals surface area contributed by atoms with Gasteiger partial charge in [0.25, 0.3) is 5.91 Å². The number of rotatable bonds is 5. The molecule has 4 heteroatoms. The highest BCUT2D eigenvalue weighted by molar-refractivity contribution is 7.98. The van der Waals surface area contributed by atoms with Gasteiger partial charge in [0.2, 0.25) is 0 Å². The molecule has 3 nitrogen and oxygen atoms in total. The lowest BCUT2D eigenvalue weighted by atomic mass is 9.89. The number of nitrogens with one attached hydrogen (secondary N) is 1. The molecule has 0 saturated heterocycles. The van der Waals surface area contributed by atoms with E-state index in [4.69, 9.17) is 5.21 Å². The fraction of sp³-hybridized carbons (Fsp3) is 0.0952. The molecule has 0 aliphatic rings. The molecule has 0 radical (unpaired) electrons. The molecule has 126 valence electrons. The number of carbonyl (C=O) groups is 1. The fourth-order valence-corrected chi connectivity index (χ4v) is 3.29. The maximum Gasteiger partial charge on any atom is 0.255 e. The second-order valence-electron chi connectivity index (χ2n) is 5.67. The molecule has 0 saturated carbocycles. The van der Waals surface area contributed by atoms with Crippen molar-refractivity contribution in [2.75, 3.05) is 6.26 Å². The van der Waals surface area contributed by atoms with Crippen LogP contribution in [0.25, 0.3) is 11.1 Å². The zero-order chi connectivity index (χ0) is 17.6. The van der Waals surface area contributed by atoms with Gasteiger partial charge >= 0.3 is 0 Å². The zero-order valence-corrected chi connectivity index (χ0v) is 14.7. The summed E-state index contributed by atoms with van der Waals surface area (Å²) in [6.45, 7) is 0. The number of benzene rings is 3. The smallest absolute Gasteiger partial charge is 0.255 e. The van der Waals surface area contributed by atoms with E-state index in [-0.39, 0.29) is 0 Å². The summed E-state index contributed by atoms with van der Waals surface area (Å²) >= 11 is 1.70. The van der Waals surface area contributed by atoms with Gasteiger partial charge in [0.05, 0.1) is 5.92 Å². The third-order valence-corrected chi connectivity index (χ3v) is 4.89. The molecular formula is C21H19NO2S. The lowest BCUT2D eigenvalue weighted by Gasteiger charge is -2.17. The van der Waals surface area contributed by atoms with Gasteiger partial charge in [-0.2, -0.15) is 0 Å². The van der Waals surface area contributed by atoms with Crippen molar-refractivity contribution in [1.82, 2.24) is 5.48 Å². The van der Waals surface area contributed by atoms with Gasteiger partial charge in [-0.25, -0.2) is 5.48 Å². The van der Waals surface area contributed by atoms with Crippen molar-refractivity contribution in [3.63, 3.8) is 0 Å². The highest BCUT2D eigenvalue weighted by atomic mass is 32.2. The third-order valence-electron chi connectivity index (χ3n) is 4.15. The van der Waals surface area contributed by atoms with Crippen LogP contribution in [0.15, 0.2) is 83.8 Å². The van der Waals surface area contributed by atoms with Gasteiger partial charge in [0.1, 0.15) is 0 Å².